The van der Waals surface area contributed by atoms with Crippen molar-refractivity contribution in [3.05, 3.63) is 118 Å². The van der Waals surface area contributed by atoms with Crippen LogP contribution in [0.5, 0.6) is 17.2 Å². The number of carboxylic acids is 1. The lowest BCUT2D eigenvalue weighted by Gasteiger charge is -2.32. The van der Waals surface area contributed by atoms with Crippen molar-refractivity contribution >= 4 is 50.1 Å². The number of sulfonamides is 1. The van der Waals surface area contributed by atoms with Crippen molar-refractivity contribution in [1.82, 2.24) is 14.2 Å². The fourth-order valence-electron chi connectivity index (χ4n) is 7.83. The molecule has 5 aromatic rings. The molecule has 1 aromatic heterocycles. The van der Waals surface area contributed by atoms with Crippen LogP contribution in [0.1, 0.15) is 71.4 Å². The molecule has 65 heavy (non-hydrogen) atoms. The molecule has 1 saturated heterocycles. The summed E-state index contributed by atoms with van der Waals surface area (Å²) in [7, 11) is -3.81. The molecule has 1 fully saturated rings. The predicted octanol–water partition coefficient (Wildman–Crippen LogP) is 5.75. The maximum Gasteiger partial charge on any atom is 0.323 e. The molecule has 17 nitrogen and oxygen atoms in total. The fraction of sp³-hybridized carbons (Fsp3) is 0.362. The molecule has 0 saturated carbocycles. The Balaban J connectivity index is 0.787. The van der Waals surface area contributed by atoms with Crippen molar-refractivity contribution in [2.24, 2.45) is 0 Å². The molecule has 5 N–H and O–H groups in total. The summed E-state index contributed by atoms with van der Waals surface area (Å²) >= 11 is 0. The zero-order chi connectivity index (χ0) is 46.3. The molecular weight excluding hydrogens is 859 g/mol. The van der Waals surface area contributed by atoms with Crippen LogP contribution in [-0.2, 0) is 29.7 Å². The van der Waals surface area contributed by atoms with Crippen LogP contribution in [0.25, 0.3) is 10.9 Å². The normalized spacial score (nSPS) is 14.8. The number of nitrogens with zero attached hydrogens (tertiary/aromatic N) is 2. The van der Waals surface area contributed by atoms with E-state index in [1.165, 1.54) is 34.8 Å². The third-order valence-electron chi connectivity index (χ3n) is 11.3. The number of H-pyrrole nitrogens is 1. The second-order valence-electron chi connectivity index (χ2n) is 16.8. The molecule has 0 bridgehead atoms. The number of nitrogens with one attached hydrogen (secondary N) is 3. The molecule has 0 aliphatic carbocycles. The van der Waals surface area contributed by atoms with E-state index in [4.69, 9.17) is 24.1 Å². The summed E-state index contributed by atoms with van der Waals surface area (Å²) in [6.45, 7) is 7.80. The van der Waals surface area contributed by atoms with E-state index in [0.717, 1.165) is 10.5 Å². The number of aromatic hydroxyl groups is 1. The Bertz CT molecular complexity index is 2710. The highest BCUT2D eigenvalue weighted by Crippen LogP contribution is 2.39. The first kappa shape index (κ1) is 46.5. The maximum atomic E-state index is 13.5. The number of hydrogen-bond donors (Lipinski definition) is 5. The lowest BCUT2D eigenvalue weighted by Crippen LogP contribution is -2.43. The number of phenolic OH excluding ortho intramolecular Hbond substituents is 1. The minimum atomic E-state index is -3.81. The van der Waals surface area contributed by atoms with Crippen molar-refractivity contribution in [1.29, 1.82) is 0 Å². The van der Waals surface area contributed by atoms with Crippen molar-refractivity contribution in [2.45, 2.75) is 49.8 Å². The number of para-hydroxylation sites is 1. The molecule has 2 aliphatic heterocycles. The maximum absolute atomic E-state index is 13.5. The van der Waals surface area contributed by atoms with Gasteiger partial charge in [0.15, 0.2) is 11.5 Å². The molecule has 4 aromatic carbocycles. The first-order valence-electron chi connectivity index (χ1n) is 21.3. The van der Waals surface area contributed by atoms with E-state index in [2.05, 4.69) is 15.6 Å². The summed E-state index contributed by atoms with van der Waals surface area (Å²) in [5.41, 5.74) is 2.48. The third kappa shape index (κ3) is 11.1. The number of rotatable bonds is 18. The van der Waals surface area contributed by atoms with E-state index >= 15 is 0 Å². The first-order valence-corrected chi connectivity index (χ1v) is 22.7. The molecule has 3 heterocycles. The molecule has 7 rings (SSSR count). The summed E-state index contributed by atoms with van der Waals surface area (Å²) in [5, 5.41) is 26.0. The first-order chi connectivity index (χ1) is 31.1. The van der Waals surface area contributed by atoms with E-state index in [9.17, 15) is 32.7 Å². The van der Waals surface area contributed by atoms with Crippen LogP contribution in [0.2, 0.25) is 0 Å². The van der Waals surface area contributed by atoms with E-state index in [0.29, 0.717) is 85.9 Å². The van der Waals surface area contributed by atoms with Gasteiger partial charge in [-0.25, -0.2) is 8.42 Å². The Labute approximate surface area is 376 Å². The number of benzene rings is 4. The Morgan fingerprint density at radius 3 is 2.23 bits per heavy atom. The van der Waals surface area contributed by atoms with Gasteiger partial charge in [-0.2, -0.15) is 4.31 Å². The average Bonchev–Trinajstić information content (AvgIpc) is 3.28. The predicted molar refractivity (Wildman–Crippen MR) is 243 cm³/mol. The third-order valence-corrected chi connectivity index (χ3v) is 13.2. The number of anilines is 2. The van der Waals surface area contributed by atoms with Crippen molar-refractivity contribution in [3.63, 3.8) is 0 Å². The number of ether oxygens (including phenoxy) is 4. The number of carbonyl (C=O) groups excluding carboxylic acids is 2. The zero-order valence-corrected chi connectivity index (χ0v) is 37.2. The van der Waals surface area contributed by atoms with E-state index < -0.39 is 45.2 Å². The van der Waals surface area contributed by atoms with Gasteiger partial charge in [0.1, 0.15) is 31.1 Å². The van der Waals surface area contributed by atoms with Gasteiger partial charge in [-0.15, -0.1) is 0 Å². The molecule has 344 valence electrons. The van der Waals surface area contributed by atoms with Gasteiger partial charge in [0.2, 0.25) is 15.5 Å². The average molecular weight is 912 g/mol. The van der Waals surface area contributed by atoms with Gasteiger partial charge in [0, 0.05) is 47.6 Å². The topological polar surface area (TPSA) is 226 Å². The van der Waals surface area contributed by atoms with Gasteiger partial charge in [-0.3, -0.25) is 19.2 Å². The van der Waals surface area contributed by atoms with Crippen LogP contribution < -0.4 is 25.5 Å². The number of fused-ring (bicyclic) bond motifs is 2. The second kappa shape index (κ2) is 20.1. The summed E-state index contributed by atoms with van der Waals surface area (Å²) in [6, 6.07) is 22.1. The number of aromatic nitrogens is 1. The molecule has 18 heteroatoms. The number of aliphatic carboxylic acids is 1. The largest absolute Gasteiger partial charge is 0.504 e. The number of hydrogen-bond acceptors (Lipinski definition) is 12. The number of amides is 2. The zero-order valence-electron chi connectivity index (χ0n) is 36.4. The van der Waals surface area contributed by atoms with Crippen LogP contribution in [0.4, 0.5) is 11.4 Å². The fourth-order valence-corrected chi connectivity index (χ4v) is 9.33. The Morgan fingerprint density at radius 2 is 1.54 bits per heavy atom. The van der Waals surface area contributed by atoms with Crippen LogP contribution in [0.3, 0.4) is 0 Å². The molecular formula is C47H53N5O12S. The summed E-state index contributed by atoms with van der Waals surface area (Å²) in [5.74, 6) is -1.29. The summed E-state index contributed by atoms with van der Waals surface area (Å²) in [4.78, 5) is 54.2. The van der Waals surface area contributed by atoms with E-state index in [1.54, 1.807) is 30.3 Å². The summed E-state index contributed by atoms with van der Waals surface area (Å²) in [6.07, 6.45) is 2.66. The minimum absolute atomic E-state index is 0.0292. The van der Waals surface area contributed by atoms with Gasteiger partial charge < -0.3 is 49.7 Å². The van der Waals surface area contributed by atoms with Crippen LogP contribution in [0, 0.1) is 0 Å². The monoisotopic (exact) mass is 911 g/mol. The van der Waals surface area contributed by atoms with Crippen molar-refractivity contribution < 1.29 is 52.0 Å². The lowest BCUT2D eigenvalue weighted by molar-refractivity contribution is -0.137. The van der Waals surface area contributed by atoms with Gasteiger partial charge in [-0.1, -0.05) is 45.0 Å². The number of piperidine rings is 1. The van der Waals surface area contributed by atoms with Crippen LogP contribution >= 0.6 is 0 Å². The summed E-state index contributed by atoms with van der Waals surface area (Å²) < 4.78 is 51.5. The number of phenols is 1. The number of aromatic amines is 1. The Hall–Kier alpha value is -6.47. The highest BCUT2D eigenvalue weighted by atomic mass is 32.2. The smallest absolute Gasteiger partial charge is 0.323 e. The van der Waals surface area contributed by atoms with Crippen molar-refractivity contribution in [2.75, 3.05) is 76.6 Å². The van der Waals surface area contributed by atoms with Gasteiger partial charge in [-0.05, 0) is 83.8 Å². The molecule has 0 radical (unpaired) electrons. The quantitative estimate of drug-likeness (QED) is 0.0661. The lowest BCUT2D eigenvalue weighted by atomic mass is 9.85. The van der Waals surface area contributed by atoms with Gasteiger partial charge >= 0.3 is 5.97 Å². The standard InChI is InChI=1S/C47H53N5O12S/c1-47(2,3)37-25-42(41(53)26-40(37)50-45(57)36-27-48-38-7-5-4-6-34(38)44(36)56)64-23-21-62-19-18-61-20-22-63-32-10-8-30(9-11-32)31-14-16-52(17-15-31)65(59,60)33-12-13-35-39(24-33)49-29-51(46(35)58)28-43(54)55/h4-13,24-27,31,49,53H,14-23,28-29H2,1-3H3,(H,48,56)(H,50,57)(H,54,55). The highest BCUT2D eigenvalue weighted by Gasteiger charge is 2.33. The second-order valence-corrected chi connectivity index (χ2v) is 18.7. The number of pyridine rings is 1. The number of carbonyl (C=O) groups is 3. The Kier molecular flexibility index (Phi) is 14.4. The highest BCUT2D eigenvalue weighted by molar-refractivity contribution is 7.89. The number of carboxylic acid groups (broad SMARTS) is 1. The molecule has 2 aliphatic rings. The molecule has 0 unspecified atom stereocenters. The van der Waals surface area contributed by atoms with Crippen LogP contribution in [-0.4, -0.2) is 117 Å². The SMILES string of the molecule is CC(C)(C)c1cc(OCCOCCOCCOc2ccc(C3CCN(S(=O)(=O)c4ccc5c(c4)NCN(CC(=O)O)C5=O)CC3)cc2)c(O)cc1NC(=O)c1c[nH]c2ccccc2c1=O. The van der Waals surface area contributed by atoms with Gasteiger partial charge in [0.05, 0.1) is 43.6 Å². The molecule has 2 amide bonds. The van der Waals surface area contributed by atoms with E-state index in [1.807, 2.05) is 45.0 Å². The minimum Gasteiger partial charge on any atom is -0.504 e. The van der Waals surface area contributed by atoms with Crippen LogP contribution in [0.15, 0.2) is 94.7 Å². The van der Waals surface area contributed by atoms with Crippen molar-refractivity contribution in [3.8, 4) is 17.2 Å². The van der Waals surface area contributed by atoms with E-state index in [-0.39, 0.29) is 53.3 Å². The Morgan fingerprint density at radius 1 is 0.862 bits per heavy atom. The molecule has 0 spiro atoms. The van der Waals surface area contributed by atoms with Gasteiger partial charge in [0.25, 0.3) is 11.8 Å². The molecule has 0 atom stereocenters.